The van der Waals surface area contributed by atoms with E-state index in [9.17, 15) is 4.79 Å². The minimum absolute atomic E-state index is 0.0547. The Kier molecular flexibility index (Phi) is 5.50. The quantitative estimate of drug-likeness (QED) is 0.642. The van der Waals surface area contributed by atoms with E-state index in [0.717, 1.165) is 5.56 Å². The van der Waals surface area contributed by atoms with Crippen molar-refractivity contribution in [3.8, 4) is 11.4 Å². The van der Waals surface area contributed by atoms with Gasteiger partial charge in [0.25, 0.3) is 0 Å². The van der Waals surface area contributed by atoms with Crippen LogP contribution in [-0.2, 0) is 17.8 Å². The summed E-state index contributed by atoms with van der Waals surface area (Å²) in [6.45, 7) is 2.68. The fourth-order valence-electron chi connectivity index (χ4n) is 2.35. The molecule has 0 spiro atoms. The molecule has 1 amide bonds. The van der Waals surface area contributed by atoms with Crippen molar-refractivity contribution >= 4 is 28.8 Å². The summed E-state index contributed by atoms with van der Waals surface area (Å²) in [4.78, 5) is 19.6. The number of benzene rings is 1. The molecular formula is C18H18ClN3O2S. The lowest BCUT2D eigenvalue weighted by Gasteiger charge is -2.16. The van der Waals surface area contributed by atoms with Crippen LogP contribution in [0.4, 0.5) is 0 Å². The van der Waals surface area contributed by atoms with Gasteiger partial charge in [0, 0.05) is 35.4 Å². The van der Waals surface area contributed by atoms with Gasteiger partial charge in [-0.15, -0.1) is 11.3 Å². The Labute approximate surface area is 155 Å². The minimum atomic E-state index is 0.0547. The maximum Gasteiger partial charge on any atom is 0.227 e. The second kappa shape index (κ2) is 7.80. The molecule has 0 unspecified atom stereocenters. The van der Waals surface area contributed by atoms with Crippen molar-refractivity contribution in [1.29, 1.82) is 0 Å². The van der Waals surface area contributed by atoms with Gasteiger partial charge in [-0.1, -0.05) is 16.8 Å². The van der Waals surface area contributed by atoms with Crippen LogP contribution in [0, 0.1) is 6.92 Å². The summed E-state index contributed by atoms with van der Waals surface area (Å²) < 4.78 is 5.24. The molecule has 0 saturated carbocycles. The molecule has 5 nitrogen and oxygen atoms in total. The van der Waals surface area contributed by atoms with Crippen LogP contribution < -0.4 is 0 Å². The van der Waals surface area contributed by atoms with Gasteiger partial charge in [-0.25, -0.2) is 0 Å². The van der Waals surface area contributed by atoms with Gasteiger partial charge in [0.05, 0.1) is 6.54 Å². The molecule has 3 aromatic rings. The lowest BCUT2D eigenvalue weighted by molar-refractivity contribution is -0.130. The molecule has 1 aromatic carbocycles. The van der Waals surface area contributed by atoms with Gasteiger partial charge in [0.15, 0.2) is 0 Å². The molecule has 2 heterocycles. The maximum absolute atomic E-state index is 12.3. The monoisotopic (exact) mass is 375 g/mol. The van der Waals surface area contributed by atoms with Gasteiger partial charge in [-0.3, -0.25) is 4.79 Å². The van der Waals surface area contributed by atoms with Crippen molar-refractivity contribution in [3.63, 3.8) is 0 Å². The van der Waals surface area contributed by atoms with E-state index in [4.69, 9.17) is 16.1 Å². The fourth-order valence-corrected chi connectivity index (χ4v) is 3.43. The van der Waals surface area contributed by atoms with Crippen molar-refractivity contribution in [2.24, 2.45) is 0 Å². The van der Waals surface area contributed by atoms with Crippen molar-refractivity contribution in [2.75, 3.05) is 7.05 Å². The highest BCUT2D eigenvalue weighted by Gasteiger charge is 2.14. The predicted molar refractivity (Wildman–Crippen MR) is 98.6 cm³/mol. The van der Waals surface area contributed by atoms with Gasteiger partial charge in [0.2, 0.25) is 17.6 Å². The first kappa shape index (κ1) is 17.6. The maximum atomic E-state index is 12.3. The van der Waals surface area contributed by atoms with E-state index in [-0.39, 0.29) is 5.91 Å². The summed E-state index contributed by atoms with van der Waals surface area (Å²) in [5.41, 5.74) is 2.05. The van der Waals surface area contributed by atoms with E-state index >= 15 is 0 Å². The van der Waals surface area contributed by atoms with Crippen molar-refractivity contribution in [2.45, 2.75) is 26.3 Å². The normalized spacial score (nSPS) is 10.8. The van der Waals surface area contributed by atoms with Crippen LogP contribution in [0.25, 0.3) is 11.4 Å². The highest BCUT2D eigenvalue weighted by atomic mass is 35.5. The summed E-state index contributed by atoms with van der Waals surface area (Å²) in [6, 6.07) is 9.28. The number of carbonyl (C=O) groups excluding carboxylic acids is 1. The van der Waals surface area contributed by atoms with Gasteiger partial charge in [0.1, 0.15) is 0 Å². The lowest BCUT2D eigenvalue weighted by atomic mass is 10.2. The Morgan fingerprint density at radius 1 is 1.28 bits per heavy atom. The molecule has 0 saturated heterocycles. The number of hydrogen-bond acceptors (Lipinski definition) is 5. The molecular weight excluding hydrogens is 358 g/mol. The Balaban J connectivity index is 1.55. The second-order valence-electron chi connectivity index (χ2n) is 5.80. The van der Waals surface area contributed by atoms with E-state index < -0.39 is 0 Å². The molecule has 0 radical (unpaired) electrons. The summed E-state index contributed by atoms with van der Waals surface area (Å²) >= 11 is 7.54. The average Bonchev–Trinajstić information content (AvgIpc) is 3.23. The Morgan fingerprint density at radius 3 is 2.72 bits per heavy atom. The first-order chi connectivity index (χ1) is 12.0. The number of aromatic nitrogens is 2. The van der Waals surface area contributed by atoms with Crippen LogP contribution in [0.2, 0.25) is 5.02 Å². The van der Waals surface area contributed by atoms with E-state index in [1.807, 2.05) is 24.6 Å². The number of aryl methyl sites for hydroxylation is 2. The summed E-state index contributed by atoms with van der Waals surface area (Å²) in [6.07, 6.45) is 0.760. The average molecular weight is 376 g/mol. The molecule has 7 heteroatoms. The smallest absolute Gasteiger partial charge is 0.227 e. The molecule has 0 aliphatic carbocycles. The Bertz CT molecular complexity index is 857. The first-order valence-electron chi connectivity index (χ1n) is 7.88. The van der Waals surface area contributed by atoms with Crippen molar-refractivity contribution in [3.05, 3.63) is 57.1 Å². The van der Waals surface area contributed by atoms with E-state index in [2.05, 4.69) is 23.1 Å². The predicted octanol–water partition coefficient (Wildman–Crippen LogP) is 4.35. The van der Waals surface area contributed by atoms with Gasteiger partial charge < -0.3 is 9.42 Å². The van der Waals surface area contributed by atoms with Crippen LogP contribution in [0.5, 0.6) is 0 Å². The number of nitrogens with zero attached hydrogens (tertiary/aromatic N) is 3. The first-order valence-corrected chi connectivity index (χ1v) is 9.14. The van der Waals surface area contributed by atoms with Crippen LogP contribution >= 0.6 is 22.9 Å². The molecule has 2 aromatic heterocycles. The lowest BCUT2D eigenvalue weighted by Crippen LogP contribution is -2.26. The van der Waals surface area contributed by atoms with E-state index in [1.165, 1.54) is 10.4 Å². The van der Waals surface area contributed by atoms with Crippen LogP contribution in [-0.4, -0.2) is 28.0 Å². The molecule has 130 valence electrons. The highest BCUT2D eigenvalue weighted by Crippen LogP contribution is 2.20. The van der Waals surface area contributed by atoms with Gasteiger partial charge in [-0.05, 0) is 48.2 Å². The third kappa shape index (κ3) is 4.46. The number of thiophene rings is 1. The minimum Gasteiger partial charge on any atom is -0.341 e. The molecule has 3 rings (SSSR count). The second-order valence-corrected chi connectivity index (χ2v) is 7.23. The van der Waals surface area contributed by atoms with Crippen LogP contribution in [0.1, 0.15) is 22.8 Å². The molecule has 0 aliphatic rings. The highest BCUT2D eigenvalue weighted by molar-refractivity contribution is 7.10. The zero-order chi connectivity index (χ0) is 17.8. The number of amides is 1. The summed E-state index contributed by atoms with van der Waals surface area (Å²) in [5.74, 6) is 1.01. The molecule has 0 fully saturated rings. The van der Waals surface area contributed by atoms with E-state index in [1.54, 1.807) is 28.4 Å². The molecule has 0 bridgehead atoms. The van der Waals surface area contributed by atoms with Crippen LogP contribution in [0.3, 0.4) is 0 Å². The molecule has 25 heavy (non-hydrogen) atoms. The number of halogens is 1. The van der Waals surface area contributed by atoms with Crippen LogP contribution in [0.15, 0.2) is 40.2 Å². The third-order valence-electron chi connectivity index (χ3n) is 3.90. The SMILES string of the molecule is Cc1ccsc1CN(C)C(=O)CCc1nc(-c2ccc(Cl)cc2)no1. The molecule has 0 atom stereocenters. The van der Waals surface area contributed by atoms with E-state index in [0.29, 0.717) is 36.1 Å². The Hall–Kier alpha value is -2.18. The van der Waals surface area contributed by atoms with Crippen molar-refractivity contribution in [1.82, 2.24) is 15.0 Å². The molecule has 0 N–H and O–H groups in total. The van der Waals surface area contributed by atoms with Gasteiger partial charge >= 0.3 is 0 Å². The summed E-state index contributed by atoms with van der Waals surface area (Å²) in [7, 11) is 1.81. The Morgan fingerprint density at radius 2 is 2.04 bits per heavy atom. The van der Waals surface area contributed by atoms with Crippen molar-refractivity contribution < 1.29 is 9.32 Å². The summed E-state index contributed by atoms with van der Waals surface area (Å²) in [5, 5.41) is 6.65. The number of rotatable bonds is 6. The zero-order valence-electron chi connectivity index (χ0n) is 14.0. The number of hydrogen-bond donors (Lipinski definition) is 0. The third-order valence-corrected chi connectivity index (χ3v) is 5.16. The fraction of sp³-hybridized carbons (Fsp3) is 0.278. The van der Waals surface area contributed by atoms with Gasteiger partial charge in [-0.2, -0.15) is 4.98 Å². The molecule has 0 aliphatic heterocycles. The largest absolute Gasteiger partial charge is 0.341 e. The zero-order valence-corrected chi connectivity index (χ0v) is 15.6. The topological polar surface area (TPSA) is 59.2 Å². The standard InChI is InChI=1S/C18H18ClN3O2S/c1-12-9-10-25-15(12)11-22(2)17(23)8-7-16-20-18(21-24-16)13-3-5-14(19)6-4-13/h3-6,9-10H,7-8,11H2,1-2H3. The number of carbonyl (C=O) groups is 1.